The molecule has 0 amide bonds. The second-order valence-corrected chi connectivity index (χ2v) is 5.98. The lowest BCUT2D eigenvalue weighted by molar-refractivity contribution is 0.104. The van der Waals surface area contributed by atoms with Crippen molar-refractivity contribution in [2.75, 3.05) is 0 Å². The molecule has 0 spiro atoms. The molecule has 0 aromatic carbocycles. The molecule has 0 N–H and O–H groups in total. The number of nitrogens with zero attached hydrogens (tertiary/aromatic N) is 1. The lowest BCUT2D eigenvalue weighted by atomic mass is 10.1. The van der Waals surface area contributed by atoms with Crippen LogP contribution in [-0.4, -0.2) is 5.78 Å². The molecule has 2 aromatic heterocycles. The van der Waals surface area contributed by atoms with Gasteiger partial charge in [0.1, 0.15) is 23.2 Å². The van der Waals surface area contributed by atoms with E-state index in [-0.39, 0.29) is 11.4 Å². The smallest absolute Gasteiger partial charge is 0.213 e. The van der Waals surface area contributed by atoms with E-state index in [2.05, 4.69) is 6.92 Å². The molecule has 0 radical (unpaired) electrons. The molecule has 0 bridgehead atoms. The first kappa shape index (κ1) is 12.9. The highest BCUT2D eigenvalue weighted by Gasteiger charge is 2.36. The van der Waals surface area contributed by atoms with Gasteiger partial charge in [-0.1, -0.05) is 13.0 Å². The third-order valence-corrected chi connectivity index (χ3v) is 4.39. The van der Waals surface area contributed by atoms with E-state index in [1.807, 2.05) is 23.6 Å². The van der Waals surface area contributed by atoms with E-state index in [4.69, 9.17) is 9.68 Å². The molecule has 100 valence electrons. The molecule has 2 atom stereocenters. The quantitative estimate of drug-likeness (QED) is 0.478. The van der Waals surface area contributed by atoms with Crippen molar-refractivity contribution in [3.8, 4) is 6.07 Å². The van der Waals surface area contributed by atoms with Crippen LogP contribution in [0.15, 0.2) is 39.6 Å². The third kappa shape index (κ3) is 2.45. The van der Waals surface area contributed by atoms with Crippen LogP contribution in [0.2, 0.25) is 0 Å². The Morgan fingerprint density at radius 2 is 2.30 bits per heavy atom. The van der Waals surface area contributed by atoms with E-state index in [0.717, 1.165) is 12.2 Å². The van der Waals surface area contributed by atoms with Gasteiger partial charge in [0.25, 0.3) is 0 Å². The average Bonchev–Trinajstić information content (AvgIpc) is 2.93. The van der Waals surface area contributed by atoms with Crippen molar-refractivity contribution in [1.29, 1.82) is 5.26 Å². The molecule has 1 aliphatic carbocycles. The molecule has 0 unspecified atom stereocenters. The number of carbonyl (C=O) groups is 1. The fraction of sp³-hybridized carbons (Fsp3) is 0.250. The predicted octanol–water partition coefficient (Wildman–Crippen LogP) is 4.25. The number of hydrogen-bond acceptors (Lipinski definition) is 4. The number of thiophene rings is 1. The predicted molar refractivity (Wildman–Crippen MR) is 77.5 cm³/mol. The van der Waals surface area contributed by atoms with Gasteiger partial charge < -0.3 is 4.42 Å². The Labute approximate surface area is 121 Å². The minimum atomic E-state index is -0.250. The number of allylic oxidation sites excluding steroid dienone is 1. The summed E-state index contributed by atoms with van der Waals surface area (Å²) in [5.41, 5.74) is 0.109. The monoisotopic (exact) mass is 283 g/mol. The largest absolute Gasteiger partial charge is 0.461 e. The summed E-state index contributed by atoms with van der Waals surface area (Å²) >= 11 is 1.33. The van der Waals surface area contributed by atoms with E-state index < -0.39 is 0 Å². The Kier molecular flexibility index (Phi) is 3.29. The molecule has 0 aliphatic heterocycles. The summed E-state index contributed by atoms with van der Waals surface area (Å²) in [4.78, 5) is 12.7. The molecule has 1 saturated carbocycles. The van der Waals surface area contributed by atoms with Gasteiger partial charge in [0, 0.05) is 12.0 Å². The zero-order valence-electron chi connectivity index (χ0n) is 11.0. The first-order chi connectivity index (χ1) is 9.69. The van der Waals surface area contributed by atoms with Gasteiger partial charge in [-0.05, 0) is 35.9 Å². The Morgan fingerprint density at radius 3 is 2.90 bits per heavy atom. The molecule has 3 rings (SSSR count). The van der Waals surface area contributed by atoms with Gasteiger partial charge in [0.15, 0.2) is 0 Å². The lowest BCUT2D eigenvalue weighted by Crippen LogP contribution is -1.98. The van der Waals surface area contributed by atoms with Crippen molar-refractivity contribution in [2.24, 2.45) is 5.92 Å². The minimum Gasteiger partial charge on any atom is -0.461 e. The molecular formula is C16H13NO2S. The summed E-state index contributed by atoms with van der Waals surface area (Å²) in [7, 11) is 0. The fourth-order valence-electron chi connectivity index (χ4n) is 2.20. The number of nitriles is 1. The maximum atomic E-state index is 12.1. The van der Waals surface area contributed by atoms with Crippen LogP contribution in [0.3, 0.4) is 0 Å². The first-order valence-electron chi connectivity index (χ1n) is 6.49. The summed E-state index contributed by atoms with van der Waals surface area (Å²) in [5, 5.41) is 11.0. The van der Waals surface area contributed by atoms with E-state index in [1.54, 1.807) is 12.1 Å². The van der Waals surface area contributed by atoms with Crippen LogP contribution < -0.4 is 0 Å². The van der Waals surface area contributed by atoms with E-state index in [9.17, 15) is 4.79 Å². The number of carbonyl (C=O) groups excluding carboxylic acids is 1. The fourth-order valence-corrected chi connectivity index (χ4v) is 2.87. The highest BCUT2D eigenvalue weighted by Crippen LogP contribution is 2.47. The molecule has 2 heterocycles. The Bertz CT molecular complexity index is 703. The Balaban J connectivity index is 1.84. The summed E-state index contributed by atoms with van der Waals surface area (Å²) in [6, 6.07) is 9.23. The first-order valence-corrected chi connectivity index (χ1v) is 7.36. The van der Waals surface area contributed by atoms with Crippen molar-refractivity contribution >= 4 is 23.2 Å². The highest BCUT2D eigenvalue weighted by atomic mass is 32.1. The van der Waals surface area contributed by atoms with Crippen LogP contribution in [0.25, 0.3) is 6.08 Å². The average molecular weight is 283 g/mol. The molecule has 1 aliphatic rings. The Morgan fingerprint density at radius 1 is 1.50 bits per heavy atom. The maximum Gasteiger partial charge on any atom is 0.213 e. The summed E-state index contributed by atoms with van der Waals surface area (Å²) in [6.07, 6.45) is 2.68. The van der Waals surface area contributed by atoms with Gasteiger partial charge in [0.2, 0.25) is 5.78 Å². The minimum absolute atomic E-state index is 0.109. The van der Waals surface area contributed by atoms with Crippen LogP contribution in [0, 0.1) is 17.2 Å². The van der Waals surface area contributed by atoms with Crippen LogP contribution in [0.4, 0.5) is 0 Å². The standard InChI is InChI=1S/C16H13NO2S/c1-10-7-13(10)14-5-4-12(19-14)8-11(9-17)16(18)15-3-2-6-20-15/h2-6,8,10,13H,7H2,1H3/b11-8+/t10-,13+/m1/s1. The summed E-state index contributed by atoms with van der Waals surface area (Å²) in [5.74, 6) is 2.43. The van der Waals surface area contributed by atoms with Crippen molar-refractivity contribution in [2.45, 2.75) is 19.3 Å². The molecule has 3 nitrogen and oxygen atoms in total. The van der Waals surface area contributed by atoms with Crippen LogP contribution in [-0.2, 0) is 0 Å². The molecule has 20 heavy (non-hydrogen) atoms. The van der Waals surface area contributed by atoms with Crippen molar-refractivity contribution in [1.82, 2.24) is 0 Å². The Hall–Kier alpha value is -2.12. The number of rotatable bonds is 4. The van der Waals surface area contributed by atoms with Crippen LogP contribution >= 0.6 is 11.3 Å². The second-order valence-electron chi connectivity index (χ2n) is 5.04. The van der Waals surface area contributed by atoms with E-state index in [0.29, 0.717) is 22.5 Å². The molecule has 0 saturated heterocycles. The normalized spacial score (nSPS) is 21.5. The number of Topliss-reactive ketones (excluding diaryl/α,β-unsaturated/α-hetero) is 1. The third-order valence-electron chi connectivity index (χ3n) is 3.52. The maximum absolute atomic E-state index is 12.1. The lowest BCUT2D eigenvalue weighted by Gasteiger charge is -1.95. The van der Waals surface area contributed by atoms with Crippen molar-refractivity contribution in [3.05, 3.63) is 51.6 Å². The SMILES string of the molecule is C[C@@H]1C[C@@H]1c1ccc(/C=C(\C#N)C(=O)c2cccs2)o1. The zero-order valence-corrected chi connectivity index (χ0v) is 11.8. The van der Waals surface area contributed by atoms with Crippen LogP contribution in [0.5, 0.6) is 0 Å². The van der Waals surface area contributed by atoms with Gasteiger partial charge in [-0.3, -0.25) is 4.79 Å². The summed E-state index contributed by atoms with van der Waals surface area (Å²) in [6.45, 7) is 2.18. The molecule has 4 heteroatoms. The van der Waals surface area contributed by atoms with Gasteiger partial charge in [0.05, 0.1) is 4.88 Å². The molecule has 1 fully saturated rings. The van der Waals surface area contributed by atoms with Crippen molar-refractivity contribution < 1.29 is 9.21 Å². The number of ketones is 1. The zero-order chi connectivity index (χ0) is 14.1. The van der Waals surface area contributed by atoms with Gasteiger partial charge in [-0.25, -0.2) is 0 Å². The van der Waals surface area contributed by atoms with Crippen LogP contribution in [0.1, 0.15) is 40.5 Å². The molecular weight excluding hydrogens is 270 g/mol. The van der Waals surface area contributed by atoms with E-state index >= 15 is 0 Å². The topological polar surface area (TPSA) is 54.0 Å². The number of hydrogen-bond donors (Lipinski definition) is 0. The summed E-state index contributed by atoms with van der Waals surface area (Å²) < 4.78 is 5.70. The van der Waals surface area contributed by atoms with Gasteiger partial charge in [-0.2, -0.15) is 5.26 Å². The second kappa shape index (κ2) is 5.10. The van der Waals surface area contributed by atoms with Gasteiger partial charge in [-0.15, -0.1) is 11.3 Å². The van der Waals surface area contributed by atoms with Crippen molar-refractivity contribution in [3.63, 3.8) is 0 Å². The molecule has 2 aromatic rings. The van der Waals surface area contributed by atoms with Gasteiger partial charge >= 0.3 is 0 Å². The van der Waals surface area contributed by atoms with E-state index in [1.165, 1.54) is 17.4 Å². The number of furan rings is 1. The highest BCUT2D eigenvalue weighted by molar-refractivity contribution is 7.12.